The second-order valence-corrected chi connectivity index (χ2v) is 22.3. The van der Waals surface area contributed by atoms with Crippen molar-refractivity contribution in [2.45, 2.75) is 117 Å². The summed E-state index contributed by atoms with van der Waals surface area (Å²) in [4.78, 5) is 34.8. The Morgan fingerprint density at radius 1 is 0.561 bits per heavy atom. The van der Waals surface area contributed by atoms with Gasteiger partial charge in [0, 0.05) is 27.5 Å². The summed E-state index contributed by atoms with van der Waals surface area (Å²) in [6.07, 6.45) is 1.41. The van der Waals surface area contributed by atoms with Gasteiger partial charge < -0.3 is 54.0 Å². The van der Waals surface area contributed by atoms with E-state index in [0.29, 0.717) is 42.7 Å². The number of rotatable bonds is 19. The largest absolute Gasteiger partial charge is 0.508 e. The van der Waals surface area contributed by atoms with Gasteiger partial charge in [0.2, 0.25) is 0 Å². The van der Waals surface area contributed by atoms with Crippen LogP contribution in [0.3, 0.4) is 0 Å². The number of carboxylic acids is 1. The van der Waals surface area contributed by atoms with E-state index >= 15 is 0 Å². The quantitative estimate of drug-likeness (QED) is 0.0289. The molecule has 5 N–H and O–H groups in total. The molecular weight excluding hydrogens is 1040 g/mol. The predicted octanol–water partition coefficient (Wildman–Crippen LogP) is 12.6. The van der Waals surface area contributed by atoms with Crippen LogP contribution in [0.4, 0.5) is 0 Å². The Hall–Kier alpha value is -8.33. The molecule has 2 unspecified atom stereocenters. The van der Waals surface area contributed by atoms with E-state index in [2.05, 4.69) is 71.0 Å². The van der Waals surface area contributed by atoms with E-state index in [0.717, 1.165) is 74.8 Å². The van der Waals surface area contributed by atoms with Gasteiger partial charge in [-0.2, -0.15) is 0 Å². The number of carbonyl (C=O) groups excluding carboxylic acids is 2. The summed E-state index contributed by atoms with van der Waals surface area (Å²) >= 11 is 0. The molecule has 14 heteroatoms. The van der Waals surface area contributed by atoms with Gasteiger partial charge in [-0.25, -0.2) is 4.79 Å². The van der Waals surface area contributed by atoms with Crippen molar-refractivity contribution in [2.75, 3.05) is 33.0 Å². The summed E-state index contributed by atoms with van der Waals surface area (Å²) in [5.41, 5.74) is 10.9. The molecule has 0 aromatic heterocycles. The molecular formula is C68H74O14. The first-order chi connectivity index (χ1) is 39.0. The van der Waals surface area contributed by atoms with Crippen LogP contribution in [0.2, 0.25) is 0 Å². The van der Waals surface area contributed by atoms with E-state index in [1.165, 1.54) is 11.1 Å². The Bertz CT molecular complexity index is 3290. The lowest BCUT2D eigenvalue weighted by atomic mass is 9.72. The van der Waals surface area contributed by atoms with Gasteiger partial charge in [0.15, 0.2) is 5.60 Å². The van der Waals surface area contributed by atoms with E-state index in [4.69, 9.17) is 33.5 Å². The minimum Gasteiger partial charge on any atom is -0.508 e. The van der Waals surface area contributed by atoms with Crippen LogP contribution in [-0.4, -0.2) is 88.7 Å². The lowest BCUT2D eigenvalue weighted by Crippen LogP contribution is -2.29. The number of cyclic esters (lactones) is 1. The summed E-state index contributed by atoms with van der Waals surface area (Å²) in [7, 11) is 0. The van der Waals surface area contributed by atoms with Crippen LogP contribution >= 0.6 is 0 Å². The highest BCUT2D eigenvalue weighted by Crippen LogP contribution is 2.48. The van der Waals surface area contributed by atoms with Crippen molar-refractivity contribution in [1.29, 1.82) is 0 Å². The molecule has 3 aliphatic rings. The maximum atomic E-state index is 12.6. The predicted molar refractivity (Wildman–Crippen MR) is 312 cm³/mol. The molecule has 0 radical (unpaired) electrons. The molecule has 3 aliphatic heterocycles. The molecule has 10 rings (SSSR count). The first kappa shape index (κ1) is 59.8. The number of aromatic hydroxyl groups is 4. The molecule has 0 aliphatic carbocycles. The number of phenolic OH excluding ortho intramolecular Hbond substituents is 4. The van der Waals surface area contributed by atoms with Gasteiger partial charge >= 0.3 is 17.9 Å². The monoisotopic (exact) mass is 1110 g/mol. The van der Waals surface area contributed by atoms with Gasteiger partial charge in [0.25, 0.3) is 0 Å². The van der Waals surface area contributed by atoms with Gasteiger partial charge in [-0.3, -0.25) is 9.59 Å². The lowest BCUT2D eigenvalue weighted by Gasteiger charge is -2.32. The standard InChI is InChI=1S/C23H28O6.C23H28O4.C22H18O4/c1-15-13-17(5-7-19(15)24)23(3,18-6-8-20(25)16(2)14-18)11-4-12-29-22(28)10-9-21(26)27;1-15-9-17(5-7-21(15)26-13-19-11-24-19)23(3,4)18-6-8-22(16(2)10-18)27-14-20-12-25-20;1-13-11-15(7-9-19(13)23)22(16-8-10-20(24)14(2)12-16)18-6-4-3-5-17(18)21(25)26-22/h5-8,13-14,24-25H,4,9-12H2,1-3H3,(H,26,27);5-10,19-20H,11-14H2,1-4H3;3-12,23-24H,1-2H3. The molecule has 0 spiro atoms. The Morgan fingerprint density at radius 2 is 0.988 bits per heavy atom. The summed E-state index contributed by atoms with van der Waals surface area (Å²) in [6.45, 7) is 21.2. The Labute approximate surface area is 479 Å². The first-order valence-corrected chi connectivity index (χ1v) is 27.6. The van der Waals surface area contributed by atoms with Gasteiger partial charge in [-0.15, -0.1) is 0 Å². The fourth-order valence-corrected chi connectivity index (χ4v) is 10.2. The third-order valence-electron chi connectivity index (χ3n) is 15.7. The first-order valence-electron chi connectivity index (χ1n) is 27.6. The lowest BCUT2D eigenvalue weighted by molar-refractivity contribution is -0.147. The normalized spacial score (nSPS) is 15.6. The topological polar surface area (TPSA) is 214 Å². The second-order valence-electron chi connectivity index (χ2n) is 22.3. The van der Waals surface area contributed by atoms with Crippen molar-refractivity contribution in [1.82, 2.24) is 0 Å². The number of aliphatic carboxylic acids is 1. The van der Waals surface area contributed by atoms with Gasteiger partial charge in [-0.1, -0.05) is 99.6 Å². The van der Waals surface area contributed by atoms with Crippen LogP contribution < -0.4 is 9.47 Å². The number of epoxide rings is 2. The Morgan fingerprint density at radius 3 is 1.41 bits per heavy atom. The zero-order valence-corrected chi connectivity index (χ0v) is 48.1. The van der Waals surface area contributed by atoms with Crippen LogP contribution in [0.5, 0.6) is 34.5 Å². The van der Waals surface area contributed by atoms with E-state index in [1.807, 2.05) is 62.4 Å². The third kappa shape index (κ3) is 13.9. The number of hydrogen-bond acceptors (Lipinski definition) is 13. The molecule has 2 atom stereocenters. The van der Waals surface area contributed by atoms with E-state index in [-0.39, 0.29) is 60.1 Å². The molecule has 7 aromatic carbocycles. The SMILES string of the molecule is Cc1cc(C(C)(C)c2ccc(OCC3CO3)c(C)c2)ccc1OCC1CO1.Cc1cc(C(C)(CCCOC(=O)CCC(=O)O)c2ccc(O)c(C)c2)ccc1O.Cc1cc(C2(c3ccc(O)c(C)c3)OC(=O)c3ccccc32)ccc1O. The van der Waals surface area contributed by atoms with E-state index in [9.17, 15) is 34.8 Å². The van der Waals surface area contributed by atoms with Crippen molar-refractivity contribution in [3.63, 3.8) is 0 Å². The van der Waals surface area contributed by atoms with Crippen molar-refractivity contribution in [3.05, 3.63) is 211 Å². The molecule has 82 heavy (non-hydrogen) atoms. The highest BCUT2D eigenvalue weighted by atomic mass is 16.6. The summed E-state index contributed by atoms with van der Waals surface area (Å²) in [5.74, 6) is 0.758. The van der Waals surface area contributed by atoms with Gasteiger partial charge in [-0.05, 0) is 165 Å². The summed E-state index contributed by atoms with van der Waals surface area (Å²) in [5, 5.41) is 48.3. The van der Waals surface area contributed by atoms with Gasteiger partial charge in [0.05, 0.1) is 38.2 Å². The Balaban J connectivity index is 0.000000161. The van der Waals surface area contributed by atoms with Crippen LogP contribution in [-0.2, 0) is 45.0 Å². The average molecular weight is 1120 g/mol. The Kier molecular flexibility index (Phi) is 18.4. The smallest absolute Gasteiger partial charge is 0.340 e. The second kappa shape index (κ2) is 25.2. The van der Waals surface area contributed by atoms with Crippen LogP contribution in [0, 0.1) is 41.5 Å². The molecule has 14 nitrogen and oxygen atoms in total. The molecule has 0 amide bonds. The van der Waals surface area contributed by atoms with E-state index in [1.54, 1.807) is 62.4 Å². The number of phenols is 4. The zero-order valence-electron chi connectivity index (χ0n) is 48.1. The number of benzene rings is 7. The highest BCUT2D eigenvalue weighted by Gasteiger charge is 2.49. The average Bonchev–Trinajstić information content (AvgIpc) is 2.30. The number of carboxylic acid groups (broad SMARTS) is 1. The number of carbonyl (C=O) groups is 3. The minimum atomic E-state index is -1.12. The minimum absolute atomic E-state index is 0.105. The number of hydrogen-bond donors (Lipinski definition) is 5. The fourth-order valence-electron chi connectivity index (χ4n) is 10.2. The molecule has 0 saturated carbocycles. The van der Waals surface area contributed by atoms with Crippen molar-refractivity contribution < 1.29 is 68.3 Å². The van der Waals surface area contributed by atoms with Crippen LogP contribution in [0.15, 0.2) is 133 Å². The molecule has 2 fully saturated rings. The van der Waals surface area contributed by atoms with Gasteiger partial charge in [0.1, 0.15) is 59.9 Å². The number of ether oxygens (including phenoxy) is 6. The molecule has 2 saturated heterocycles. The van der Waals surface area contributed by atoms with Crippen molar-refractivity contribution >= 4 is 17.9 Å². The van der Waals surface area contributed by atoms with E-state index < -0.39 is 28.9 Å². The van der Waals surface area contributed by atoms with Crippen molar-refractivity contribution in [2.24, 2.45) is 0 Å². The number of esters is 2. The number of fused-ring (bicyclic) bond motifs is 1. The maximum Gasteiger partial charge on any atom is 0.340 e. The molecule has 0 bridgehead atoms. The van der Waals surface area contributed by atoms with Crippen LogP contribution in [0.25, 0.3) is 0 Å². The highest BCUT2D eigenvalue weighted by molar-refractivity contribution is 5.96. The molecule has 7 aromatic rings. The molecule has 430 valence electrons. The number of aryl methyl sites for hydroxylation is 6. The third-order valence-corrected chi connectivity index (χ3v) is 15.7. The molecule has 3 heterocycles. The van der Waals surface area contributed by atoms with Crippen LogP contribution in [0.1, 0.15) is 129 Å². The summed E-state index contributed by atoms with van der Waals surface area (Å²) < 4.78 is 33.3. The summed E-state index contributed by atoms with van der Waals surface area (Å²) in [6, 6.07) is 41.6. The maximum absolute atomic E-state index is 12.6. The van der Waals surface area contributed by atoms with Crippen molar-refractivity contribution in [3.8, 4) is 34.5 Å². The fraction of sp³-hybridized carbons (Fsp3) is 0.338. The zero-order chi connectivity index (χ0) is 59.1.